The second-order valence-corrected chi connectivity index (χ2v) is 5.80. The molecule has 1 fully saturated rings. The van der Waals surface area contributed by atoms with Crippen LogP contribution in [0.4, 0.5) is 8.78 Å². The Bertz CT molecular complexity index is 216. The highest BCUT2D eigenvalue weighted by Gasteiger charge is 2.38. The fourth-order valence-corrected chi connectivity index (χ4v) is 2.85. The minimum Gasteiger partial charge on any atom is -0.314 e. The molecule has 1 rings (SSSR count). The molecule has 1 aliphatic rings. The quantitative estimate of drug-likeness (QED) is 0.710. The molecule has 0 aromatic carbocycles. The van der Waals surface area contributed by atoms with Crippen molar-refractivity contribution in [2.75, 3.05) is 6.54 Å². The third-order valence-corrected chi connectivity index (χ3v) is 3.90. The van der Waals surface area contributed by atoms with Crippen LogP contribution in [0.15, 0.2) is 0 Å². The van der Waals surface area contributed by atoms with E-state index in [1.165, 1.54) is 0 Å². The van der Waals surface area contributed by atoms with Gasteiger partial charge in [0.05, 0.1) is 0 Å². The molecule has 0 radical (unpaired) electrons. The summed E-state index contributed by atoms with van der Waals surface area (Å²) in [7, 11) is 0. The van der Waals surface area contributed by atoms with Crippen molar-refractivity contribution in [1.82, 2.24) is 5.32 Å². The van der Waals surface area contributed by atoms with Gasteiger partial charge in [0.25, 0.3) is 0 Å². The zero-order chi connectivity index (χ0) is 12.9. The summed E-state index contributed by atoms with van der Waals surface area (Å²) in [6.45, 7) is 7.55. The maximum Gasteiger partial charge on any atom is 0.248 e. The van der Waals surface area contributed by atoms with Crippen molar-refractivity contribution in [3.8, 4) is 0 Å². The zero-order valence-electron chi connectivity index (χ0n) is 11.4. The van der Waals surface area contributed by atoms with Crippen molar-refractivity contribution in [2.45, 2.75) is 71.3 Å². The molecule has 2 unspecified atom stereocenters. The van der Waals surface area contributed by atoms with E-state index in [9.17, 15) is 8.78 Å². The second-order valence-electron chi connectivity index (χ2n) is 5.80. The first-order valence-electron chi connectivity index (χ1n) is 7.06. The molecule has 2 atom stereocenters. The Balaban J connectivity index is 2.18. The zero-order valence-corrected chi connectivity index (χ0v) is 11.4. The smallest absolute Gasteiger partial charge is 0.248 e. The molecule has 1 nitrogen and oxygen atoms in total. The molecule has 0 aromatic heterocycles. The van der Waals surface area contributed by atoms with Crippen LogP contribution >= 0.6 is 0 Å². The average molecular weight is 247 g/mol. The van der Waals surface area contributed by atoms with Crippen LogP contribution in [0.25, 0.3) is 0 Å². The van der Waals surface area contributed by atoms with E-state index in [2.05, 4.69) is 26.1 Å². The normalized spacial score (nSPS) is 25.4. The summed E-state index contributed by atoms with van der Waals surface area (Å²) < 4.78 is 26.0. The van der Waals surface area contributed by atoms with Crippen molar-refractivity contribution >= 4 is 0 Å². The molecule has 0 spiro atoms. The molecule has 1 aliphatic carbocycles. The topological polar surface area (TPSA) is 12.0 Å². The minimum atomic E-state index is -2.37. The van der Waals surface area contributed by atoms with E-state index in [1.807, 2.05) is 0 Å². The lowest BCUT2D eigenvalue weighted by molar-refractivity contribution is 0.00459. The first-order valence-corrected chi connectivity index (χ1v) is 7.06. The van der Waals surface area contributed by atoms with Crippen LogP contribution in [0.1, 0.15) is 59.3 Å². The maximum absolute atomic E-state index is 13.0. The van der Waals surface area contributed by atoms with Crippen molar-refractivity contribution < 1.29 is 8.78 Å². The molecule has 1 saturated carbocycles. The second kappa shape index (κ2) is 6.67. The number of nitrogens with one attached hydrogen (secondary N) is 1. The SMILES string of the molecule is CCNC(CCCC1CCC(F)(F)C1)C(C)C. The standard InChI is InChI=1S/C14H27F2N/c1-4-17-13(11(2)3)7-5-6-12-8-9-14(15,16)10-12/h11-13,17H,4-10H2,1-3H3. The fraction of sp³-hybridized carbons (Fsp3) is 1.00. The number of hydrogen-bond acceptors (Lipinski definition) is 1. The van der Waals surface area contributed by atoms with Gasteiger partial charge in [-0.25, -0.2) is 8.78 Å². The third-order valence-electron chi connectivity index (χ3n) is 3.90. The highest BCUT2D eigenvalue weighted by molar-refractivity contribution is 4.81. The lowest BCUT2D eigenvalue weighted by atomic mass is 9.94. The van der Waals surface area contributed by atoms with Gasteiger partial charge in [0.15, 0.2) is 0 Å². The molecule has 0 saturated heterocycles. The molecule has 0 bridgehead atoms. The molecular weight excluding hydrogens is 220 g/mol. The van der Waals surface area contributed by atoms with Gasteiger partial charge in [-0.3, -0.25) is 0 Å². The largest absolute Gasteiger partial charge is 0.314 e. The summed E-state index contributed by atoms with van der Waals surface area (Å²) in [5.41, 5.74) is 0. The summed E-state index contributed by atoms with van der Waals surface area (Å²) in [6, 6.07) is 0.543. The van der Waals surface area contributed by atoms with Crippen LogP contribution in [-0.4, -0.2) is 18.5 Å². The van der Waals surface area contributed by atoms with Crippen molar-refractivity contribution in [3.05, 3.63) is 0 Å². The Morgan fingerprint density at radius 2 is 2.06 bits per heavy atom. The molecule has 0 heterocycles. The van der Waals surface area contributed by atoms with E-state index < -0.39 is 5.92 Å². The van der Waals surface area contributed by atoms with Crippen LogP contribution in [0.5, 0.6) is 0 Å². The molecule has 1 N–H and O–H groups in total. The van der Waals surface area contributed by atoms with Gasteiger partial charge in [-0.15, -0.1) is 0 Å². The molecule has 102 valence electrons. The Kier molecular flexibility index (Phi) is 5.84. The van der Waals surface area contributed by atoms with Crippen molar-refractivity contribution in [1.29, 1.82) is 0 Å². The molecule has 0 aliphatic heterocycles. The van der Waals surface area contributed by atoms with E-state index in [0.717, 1.165) is 32.2 Å². The lowest BCUT2D eigenvalue weighted by Crippen LogP contribution is -2.33. The van der Waals surface area contributed by atoms with Gasteiger partial charge < -0.3 is 5.32 Å². The summed E-state index contributed by atoms with van der Waals surface area (Å²) in [4.78, 5) is 0. The highest BCUT2D eigenvalue weighted by Crippen LogP contribution is 2.41. The number of halogens is 2. The predicted octanol–water partition coefficient (Wildman–Crippen LogP) is 4.23. The van der Waals surface area contributed by atoms with E-state index in [-0.39, 0.29) is 18.8 Å². The van der Waals surface area contributed by atoms with E-state index in [4.69, 9.17) is 0 Å². The van der Waals surface area contributed by atoms with Gasteiger partial charge in [0, 0.05) is 18.9 Å². The predicted molar refractivity (Wildman–Crippen MR) is 68.4 cm³/mol. The van der Waals surface area contributed by atoms with Gasteiger partial charge in [0.2, 0.25) is 5.92 Å². The Morgan fingerprint density at radius 1 is 1.35 bits per heavy atom. The molecule has 3 heteroatoms. The fourth-order valence-electron chi connectivity index (χ4n) is 2.85. The van der Waals surface area contributed by atoms with Crippen LogP contribution < -0.4 is 5.32 Å². The highest BCUT2D eigenvalue weighted by atomic mass is 19.3. The Morgan fingerprint density at radius 3 is 2.53 bits per heavy atom. The lowest BCUT2D eigenvalue weighted by Gasteiger charge is -2.22. The summed E-state index contributed by atoms with van der Waals surface area (Å²) in [5, 5.41) is 3.48. The van der Waals surface area contributed by atoms with E-state index in [1.54, 1.807) is 0 Å². The van der Waals surface area contributed by atoms with Gasteiger partial charge >= 0.3 is 0 Å². The summed E-state index contributed by atoms with van der Waals surface area (Å²) in [5.74, 6) is -1.48. The van der Waals surface area contributed by atoms with Gasteiger partial charge in [0.1, 0.15) is 0 Å². The van der Waals surface area contributed by atoms with Gasteiger partial charge in [-0.1, -0.05) is 33.6 Å². The van der Waals surface area contributed by atoms with Crippen LogP contribution in [0, 0.1) is 11.8 Å². The van der Waals surface area contributed by atoms with Gasteiger partial charge in [-0.2, -0.15) is 0 Å². The van der Waals surface area contributed by atoms with Crippen LogP contribution in [-0.2, 0) is 0 Å². The monoisotopic (exact) mass is 247 g/mol. The van der Waals surface area contributed by atoms with Crippen molar-refractivity contribution in [3.63, 3.8) is 0 Å². The molecule has 0 aromatic rings. The molecular formula is C14H27F2N. The average Bonchev–Trinajstić information content (AvgIpc) is 2.57. The number of alkyl halides is 2. The van der Waals surface area contributed by atoms with Crippen LogP contribution in [0.2, 0.25) is 0 Å². The van der Waals surface area contributed by atoms with E-state index in [0.29, 0.717) is 12.0 Å². The number of rotatable bonds is 7. The summed E-state index contributed by atoms with van der Waals surface area (Å²) in [6.07, 6.45) is 4.13. The first kappa shape index (κ1) is 14.9. The molecule has 0 amide bonds. The first-order chi connectivity index (χ1) is 7.94. The third kappa shape index (κ3) is 5.33. The summed E-state index contributed by atoms with van der Waals surface area (Å²) >= 11 is 0. The van der Waals surface area contributed by atoms with Crippen molar-refractivity contribution in [2.24, 2.45) is 11.8 Å². The molecule has 17 heavy (non-hydrogen) atoms. The van der Waals surface area contributed by atoms with E-state index >= 15 is 0 Å². The minimum absolute atomic E-state index is 0.110. The Hall–Kier alpha value is -0.180. The Labute approximate surface area is 104 Å². The van der Waals surface area contributed by atoms with Gasteiger partial charge in [-0.05, 0) is 31.2 Å². The maximum atomic E-state index is 13.0. The van der Waals surface area contributed by atoms with Crippen LogP contribution in [0.3, 0.4) is 0 Å². The number of hydrogen-bond donors (Lipinski definition) is 1.